The van der Waals surface area contributed by atoms with E-state index in [0.29, 0.717) is 16.5 Å². The largest absolute Gasteiger partial charge is 0.459 e. The zero-order valence-corrected chi connectivity index (χ0v) is 20.6. The van der Waals surface area contributed by atoms with Crippen molar-refractivity contribution in [2.24, 2.45) is 4.99 Å². The molecule has 0 fully saturated rings. The molecule has 168 valence electrons. The van der Waals surface area contributed by atoms with Gasteiger partial charge in [-0.2, -0.15) is 4.31 Å². The van der Waals surface area contributed by atoms with Crippen LogP contribution in [0, 0.1) is 0 Å². The van der Waals surface area contributed by atoms with Crippen molar-refractivity contribution in [3.05, 3.63) is 118 Å². The van der Waals surface area contributed by atoms with Crippen LogP contribution in [0.4, 0.5) is 5.69 Å². The molecular formula is C25H20BrClN2O3S. The van der Waals surface area contributed by atoms with E-state index in [4.69, 9.17) is 16.0 Å². The highest BCUT2D eigenvalue weighted by Crippen LogP contribution is 2.24. The van der Waals surface area contributed by atoms with Crippen LogP contribution in [0.25, 0.3) is 0 Å². The van der Waals surface area contributed by atoms with Crippen LogP contribution in [0.1, 0.15) is 17.1 Å². The van der Waals surface area contributed by atoms with E-state index in [1.807, 2.05) is 54.6 Å². The van der Waals surface area contributed by atoms with Crippen LogP contribution in [0.3, 0.4) is 0 Å². The highest BCUT2D eigenvalue weighted by Gasteiger charge is 2.26. The zero-order chi connectivity index (χ0) is 23.3. The third kappa shape index (κ3) is 6.21. The molecule has 8 heteroatoms. The Hall–Kier alpha value is -2.71. The summed E-state index contributed by atoms with van der Waals surface area (Å²) in [4.78, 5) is 4.57. The van der Waals surface area contributed by atoms with E-state index in [2.05, 4.69) is 20.9 Å². The van der Waals surface area contributed by atoms with Crippen LogP contribution in [0.15, 0.2) is 110 Å². The lowest BCUT2D eigenvalue weighted by molar-refractivity contribution is 0.357. The van der Waals surface area contributed by atoms with Crippen LogP contribution >= 0.6 is 27.5 Å². The number of rotatable bonds is 8. The number of hydrogen-bond donors (Lipinski definition) is 0. The molecule has 4 aromatic rings. The molecule has 0 amide bonds. The average molecular weight is 544 g/mol. The predicted molar refractivity (Wildman–Crippen MR) is 134 cm³/mol. The van der Waals surface area contributed by atoms with Crippen molar-refractivity contribution in [3.8, 4) is 0 Å². The number of halogens is 2. The number of sulfonamides is 1. The third-order valence-corrected chi connectivity index (χ3v) is 7.42. The first-order valence-corrected chi connectivity index (χ1v) is 12.7. The molecule has 0 aliphatic carbocycles. The number of aliphatic imine (C=N–C) groups is 1. The van der Waals surface area contributed by atoms with Gasteiger partial charge in [0.1, 0.15) is 11.5 Å². The molecule has 3 aromatic carbocycles. The minimum absolute atomic E-state index is 0.0754. The monoisotopic (exact) mass is 542 g/mol. The smallest absolute Gasteiger partial charge is 0.243 e. The lowest BCUT2D eigenvalue weighted by Gasteiger charge is -2.21. The molecule has 33 heavy (non-hydrogen) atoms. The first-order valence-electron chi connectivity index (χ1n) is 10.1. The molecule has 0 saturated carbocycles. The molecule has 5 nitrogen and oxygen atoms in total. The van der Waals surface area contributed by atoms with Crippen molar-refractivity contribution in [2.75, 3.05) is 0 Å². The molecular weight excluding hydrogens is 524 g/mol. The predicted octanol–water partition coefficient (Wildman–Crippen LogP) is 6.84. The maximum absolute atomic E-state index is 13.4. The summed E-state index contributed by atoms with van der Waals surface area (Å²) in [5, 5.41) is 0.476. The summed E-state index contributed by atoms with van der Waals surface area (Å²) in [6, 6.07) is 26.7. The Morgan fingerprint density at radius 2 is 1.58 bits per heavy atom. The topological polar surface area (TPSA) is 62.9 Å². The molecule has 0 radical (unpaired) electrons. The molecule has 1 heterocycles. The normalized spacial score (nSPS) is 12.0. The highest BCUT2D eigenvalue weighted by molar-refractivity contribution is 9.10. The van der Waals surface area contributed by atoms with Crippen LogP contribution in [0.2, 0.25) is 5.02 Å². The van der Waals surface area contributed by atoms with Crippen molar-refractivity contribution in [1.29, 1.82) is 0 Å². The molecule has 0 saturated heterocycles. The first-order chi connectivity index (χ1) is 15.9. The Bertz CT molecular complexity index is 1340. The fourth-order valence-electron chi connectivity index (χ4n) is 3.16. The molecule has 0 atom stereocenters. The molecule has 0 aliphatic heterocycles. The van der Waals surface area contributed by atoms with Gasteiger partial charge >= 0.3 is 0 Å². The number of hydrogen-bond acceptors (Lipinski definition) is 4. The minimum atomic E-state index is -3.79. The Balaban J connectivity index is 1.57. The quantitative estimate of drug-likeness (QED) is 0.229. The Kier molecular flexibility index (Phi) is 7.45. The van der Waals surface area contributed by atoms with E-state index >= 15 is 0 Å². The molecule has 0 aliphatic rings. The average Bonchev–Trinajstić information content (AvgIpc) is 3.27. The van der Waals surface area contributed by atoms with Crippen LogP contribution < -0.4 is 0 Å². The lowest BCUT2D eigenvalue weighted by Crippen LogP contribution is -2.30. The van der Waals surface area contributed by atoms with E-state index < -0.39 is 10.0 Å². The second-order valence-corrected chi connectivity index (χ2v) is 10.5. The van der Waals surface area contributed by atoms with Gasteiger partial charge in [0.25, 0.3) is 0 Å². The number of benzene rings is 3. The minimum Gasteiger partial charge on any atom is -0.459 e. The summed E-state index contributed by atoms with van der Waals surface area (Å²) >= 11 is 9.34. The second-order valence-electron chi connectivity index (χ2n) is 7.25. The molecule has 0 spiro atoms. The summed E-state index contributed by atoms with van der Waals surface area (Å²) in [6.45, 7) is 0.279. The van der Waals surface area contributed by atoms with Gasteiger partial charge < -0.3 is 4.42 Å². The maximum atomic E-state index is 13.4. The summed E-state index contributed by atoms with van der Waals surface area (Å²) in [5.41, 5.74) is 1.66. The van der Waals surface area contributed by atoms with E-state index in [0.717, 1.165) is 15.7 Å². The van der Waals surface area contributed by atoms with Crippen molar-refractivity contribution >= 4 is 49.5 Å². The number of furan rings is 1. The Labute approximate surface area is 206 Å². The van der Waals surface area contributed by atoms with E-state index in [1.54, 1.807) is 30.5 Å². The van der Waals surface area contributed by atoms with Crippen LogP contribution in [-0.4, -0.2) is 18.9 Å². The van der Waals surface area contributed by atoms with Gasteiger partial charge in [0.05, 0.1) is 23.3 Å². The van der Waals surface area contributed by atoms with Gasteiger partial charge in [0, 0.05) is 16.0 Å². The molecule has 0 N–H and O–H groups in total. The third-order valence-electron chi connectivity index (χ3n) is 4.84. The summed E-state index contributed by atoms with van der Waals surface area (Å²) in [6.07, 6.45) is 1.61. The fraction of sp³-hybridized carbons (Fsp3) is 0.0800. The van der Waals surface area contributed by atoms with Crippen molar-refractivity contribution in [3.63, 3.8) is 0 Å². The second kappa shape index (κ2) is 10.5. The molecule has 0 bridgehead atoms. The summed E-state index contributed by atoms with van der Waals surface area (Å²) < 4.78 is 35.0. The van der Waals surface area contributed by atoms with Crippen LogP contribution in [0.5, 0.6) is 0 Å². The van der Waals surface area contributed by atoms with E-state index in [9.17, 15) is 8.42 Å². The SMILES string of the molecule is O=S(=O)(c1ccc(Cl)cc1)N(Cc1ccccc1)Cc1ccc(C=Nc2ccc(Br)cc2)o1. The van der Waals surface area contributed by atoms with Gasteiger partial charge in [-0.05, 0) is 66.2 Å². The van der Waals surface area contributed by atoms with Gasteiger partial charge in [-0.3, -0.25) is 4.99 Å². The molecule has 0 unspecified atom stereocenters. The first kappa shape index (κ1) is 23.4. The molecule has 1 aromatic heterocycles. The van der Waals surface area contributed by atoms with Gasteiger partial charge in [0.2, 0.25) is 10.0 Å². The maximum Gasteiger partial charge on any atom is 0.243 e. The summed E-state index contributed by atoms with van der Waals surface area (Å²) in [7, 11) is -3.79. The fourth-order valence-corrected chi connectivity index (χ4v) is 4.94. The van der Waals surface area contributed by atoms with Gasteiger partial charge in [-0.15, -0.1) is 0 Å². The lowest BCUT2D eigenvalue weighted by atomic mass is 10.2. The van der Waals surface area contributed by atoms with Gasteiger partial charge in [-0.1, -0.05) is 57.9 Å². The van der Waals surface area contributed by atoms with Crippen molar-refractivity contribution < 1.29 is 12.8 Å². The Morgan fingerprint density at radius 1 is 0.879 bits per heavy atom. The standard InChI is InChI=1S/C25H20BrClN2O3S/c26-20-6-10-22(11-7-20)28-16-23-12-13-24(32-23)18-29(17-19-4-2-1-3-5-19)33(30,31)25-14-8-21(27)9-15-25/h1-16H,17-18H2. The van der Waals surface area contributed by atoms with Gasteiger partial charge in [-0.25, -0.2) is 8.42 Å². The summed E-state index contributed by atoms with van der Waals surface area (Å²) in [5.74, 6) is 1.05. The zero-order valence-electron chi connectivity index (χ0n) is 17.4. The highest BCUT2D eigenvalue weighted by atomic mass is 79.9. The number of nitrogens with zero attached hydrogens (tertiary/aromatic N) is 2. The molecule has 4 rings (SSSR count). The Morgan fingerprint density at radius 3 is 2.27 bits per heavy atom. The van der Waals surface area contributed by atoms with Crippen LogP contribution in [-0.2, 0) is 23.1 Å². The van der Waals surface area contributed by atoms with E-state index in [1.165, 1.54) is 16.4 Å². The van der Waals surface area contributed by atoms with E-state index in [-0.39, 0.29) is 18.0 Å². The van der Waals surface area contributed by atoms with Crippen molar-refractivity contribution in [1.82, 2.24) is 4.31 Å². The van der Waals surface area contributed by atoms with Crippen molar-refractivity contribution in [2.45, 2.75) is 18.0 Å². The van der Waals surface area contributed by atoms with Gasteiger partial charge in [0.15, 0.2) is 0 Å².